The van der Waals surface area contributed by atoms with Gasteiger partial charge in [-0.05, 0) is 62.8 Å². The van der Waals surface area contributed by atoms with Crippen LogP contribution in [0.4, 0.5) is 5.69 Å². The fraction of sp³-hybridized carbons (Fsp3) is 0.435. The molecule has 0 saturated carbocycles. The second-order valence-corrected chi connectivity index (χ2v) is 8.15. The summed E-state index contributed by atoms with van der Waals surface area (Å²) in [5.41, 5.74) is 3.95. The molecule has 158 valence electrons. The molecule has 0 saturated heterocycles. The number of nitrogens with one attached hydrogen (secondary N) is 1. The van der Waals surface area contributed by atoms with Crippen LogP contribution in [0.2, 0.25) is 10.0 Å². The van der Waals surface area contributed by atoms with Crippen LogP contribution in [0.3, 0.4) is 0 Å². The number of carbonyl (C=O) groups excluding carboxylic acids is 1. The van der Waals surface area contributed by atoms with Gasteiger partial charge in [0.2, 0.25) is 0 Å². The summed E-state index contributed by atoms with van der Waals surface area (Å²) in [5, 5.41) is 13.7. The molecule has 0 spiro atoms. The number of hydrogen-bond donors (Lipinski definition) is 2. The van der Waals surface area contributed by atoms with E-state index in [1.54, 1.807) is 0 Å². The summed E-state index contributed by atoms with van der Waals surface area (Å²) in [6.07, 6.45) is 2.22. The molecule has 0 aliphatic rings. The highest BCUT2D eigenvalue weighted by molar-refractivity contribution is 6.37. The molecule has 2 N–H and O–H groups in total. The Kier molecular flexibility index (Phi) is 8.23. The van der Waals surface area contributed by atoms with Crippen molar-refractivity contribution in [2.75, 3.05) is 5.32 Å². The zero-order valence-electron chi connectivity index (χ0n) is 17.7. The molecule has 0 aliphatic carbocycles. The van der Waals surface area contributed by atoms with Crippen LogP contribution in [0, 0.1) is 20.8 Å². The minimum atomic E-state index is -0.696. The average molecular weight is 438 g/mol. The van der Waals surface area contributed by atoms with Gasteiger partial charge in [-0.25, -0.2) is 0 Å². The predicted octanol–water partition coefficient (Wildman–Crippen LogP) is 6.76. The van der Waals surface area contributed by atoms with Gasteiger partial charge in [-0.1, -0.05) is 61.2 Å². The Morgan fingerprint density at radius 2 is 1.76 bits per heavy atom. The van der Waals surface area contributed by atoms with Crippen LogP contribution < -0.4 is 10.1 Å². The van der Waals surface area contributed by atoms with Crippen molar-refractivity contribution in [3.05, 3.63) is 50.5 Å². The van der Waals surface area contributed by atoms with Crippen molar-refractivity contribution in [1.29, 1.82) is 0 Å². The highest BCUT2D eigenvalue weighted by atomic mass is 35.5. The quantitative estimate of drug-likeness (QED) is 0.448. The third-order valence-electron chi connectivity index (χ3n) is 4.88. The molecule has 1 atom stereocenters. The first kappa shape index (κ1) is 23.4. The van der Waals surface area contributed by atoms with Crippen molar-refractivity contribution in [3.8, 4) is 11.5 Å². The first-order valence-corrected chi connectivity index (χ1v) is 10.7. The largest absolute Gasteiger partial charge is 0.504 e. The Labute approximate surface area is 183 Å². The van der Waals surface area contributed by atoms with E-state index in [2.05, 4.69) is 12.2 Å². The fourth-order valence-corrected chi connectivity index (χ4v) is 4.13. The first-order chi connectivity index (χ1) is 13.7. The van der Waals surface area contributed by atoms with Gasteiger partial charge in [-0.15, -0.1) is 0 Å². The number of ether oxygens (including phenoxy) is 1. The number of unbranched alkanes of at least 4 members (excludes halogenated alkanes) is 1. The molecule has 1 amide bonds. The number of aryl methyl sites for hydroxylation is 3. The summed E-state index contributed by atoms with van der Waals surface area (Å²) in [7, 11) is 0. The normalized spacial score (nSPS) is 12.0. The zero-order valence-corrected chi connectivity index (χ0v) is 19.2. The van der Waals surface area contributed by atoms with Crippen molar-refractivity contribution in [1.82, 2.24) is 0 Å². The van der Waals surface area contributed by atoms with Crippen LogP contribution in [0.5, 0.6) is 11.5 Å². The van der Waals surface area contributed by atoms with E-state index in [-0.39, 0.29) is 22.4 Å². The molecule has 0 radical (unpaired) electrons. The second-order valence-electron chi connectivity index (χ2n) is 7.37. The zero-order chi connectivity index (χ0) is 21.7. The maximum atomic E-state index is 13.0. The standard InChI is InChI=1S/C23H29Cl2NO3/c1-6-8-9-19(29-22-14(4)10-13(3)11-15(22)5)23(28)26-18-12-17(24)16(7-2)20(25)21(18)27/h10-12,19,27H,6-9H2,1-5H3,(H,26,28). The second kappa shape index (κ2) is 10.2. The van der Waals surface area contributed by atoms with E-state index in [1.165, 1.54) is 6.07 Å². The van der Waals surface area contributed by atoms with Crippen LogP contribution in [0.25, 0.3) is 0 Å². The molecule has 0 heterocycles. The van der Waals surface area contributed by atoms with Gasteiger partial charge < -0.3 is 15.2 Å². The van der Waals surface area contributed by atoms with Gasteiger partial charge >= 0.3 is 0 Å². The van der Waals surface area contributed by atoms with Gasteiger partial charge in [-0.3, -0.25) is 4.79 Å². The van der Waals surface area contributed by atoms with Crippen molar-refractivity contribution < 1.29 is 14.6 Å². The van der Waals surface area contributed by atoms with E-state index in [0.29, 0.717) is 29.2 Å². The van der Waals surface area contributed by atoms with Gasteiger partial charge in [0.1, 0.15) is 5.75 Å². The Hall–Kier alpha value is -1.91. The lowest BCUT2D eigenvalue weighted by Gasteiger charge is -2.22. The Morgan fingerprint density at radius 1 is 1.14 bits per heavy atom. The summed E-state index contributed by atoms with van der Waals surface area (Å²) in [6.45, 7) is 9.93. The van der Waals surface area contributed by atoms with Gasteiger partial charge in [-0.2, -0.15) is 0 Å². The number of aromatic hydroxyl groups is 1. The SMILES string of the molecule is CCCCC(Oc1c(C)cc(C)cc1C)C(=O)Nc1cc(Cl)c(CC)c(Cl)c1O. The summed E-state index contributed by atoms with van der Waals surface area (Å²) in [5.74, 6) is 0.191. The third-order valence-corrected chi connectivity index (χ3v) is 5.62. The molecule has 6 heteroatoms. The monoisotopic (exact) mass is 437 g/mol. The number of phenolic OH excluding ortho intramolecular Hbond substituents is 1. The van der Waals surface area contributed by atoms with E-state index in [1.807, 2.05) is 39.8 Å². The summed E-state index contributed by atoms with van der Waals surface area (Å²) >= 11 is 12.5. The smallest absolute Gasteiger partial charge is 0.265 e. The van der Waals surface area contributed by atoms with Gasteiger partial charge in [0, 0.05) is 5.02 Å². The third kappa shape index (κ3) is 5.58. The minimum absolute atomic E-state index is 0.159. The summed E-state index contributed by atoms with van der Waals surface area (Å²) in [6, 6.07) is 5.59. The van der Waals surface area contributed by atoms with E-state index in [0.717, 1.165) is 29.5 Å². The fourth-order valence-electron chi connectivity index (χ4n) is 3.41. The molecule has 4 nitrogen and oxygen atoms in total. The molecule has 0 aliphatic heterocycles. The number of halogens is 2. The van der Waals surface area contributed by atoms with Crippen molar-refractivity contribution in [2.24, 2.45) is 0 Å². The van der Waals surface area contributed by atoms with E-state index >= 15 is 0 Å². The number of phenols is 1. The molecule has 1 unspecified atom stereocenters. The summed E-state index contributed by atoms with van der Waals surface area (Å²) in [4.78, 5) is 13.0. The van der Waals surface area contributed by atoms with E-state index < -0.39 is 6.10 Å². The maximum absolute atomic E-state index is 13.0. The summed E-state index contributed by atoms with van der Waals surface area (Å²) < 4.78 is 6.15. The minimum Gasteiger partial charge on any atom is -0.504 e. The number of benzene rings is 2. The molecular weight excluding hydrogens is 409 g/mol. The van der Waals surface area contributed by atoms with Crippen molar-refractivity contribution in [3.63, 3.8) is 0 Å². The molecule has 0 bridgehead atoms. The lowest BCUT2D eigenvalue weighted by Crippen LogP contribution is -2.33. The van der Waals surface area contributed by atoms with Crippen LogP contribution in [0.1, 0.15) is 55.4 Å². The molecule has 2 rings (SSSR count). The lowest BCUT2D eigenvalue weighted by atomic mass is 10.1. The molecule has 2 aromatic carbocycles. The average Bonchev–Trinajstić information content (AvgIpc) is 2.65. The van der Waals surface area contributed by atoms with Gasteiger partial charge in [0.25, 0.3) is 5.91 Å². The van der Waals surface area contributed by atoms with Gasteiger partial charge in [0.15, 0.2) is 11.9 Å². The van der Waals surface area contributed by atoms with E-state index in [4.69, 9.17) is 27.9 Å². The van der Waals surface area contributed by atoms with Crippen LogP contribution in [0.15, 0.2) is 18.2 Å². The number of rotatable bonds is 8. The highest BCUT2D eigenvalue weighted by Crippen LogP contribution is 2.39. The van der Waals surface area contributed by atoms with Crippen LogP contribution >= 0.6 is 23.2 Å². The highest BCUT2D eigenvalue weighted by Gasteiger charge is 2.24. The Balaban J connectivity index is 2.31. The van der Waals surface area contributed by atoms with Crippen molar-refractivity contribution in [2.45, 2.75) is 66.4 Å². The number of amides is 1. The number of anilines is 1. The Bertz CT molecular complexity index is 873. The van der Waals surface area contributed by atoms with Crippen LogP contribution in [-0.4, -0.2) is 17.1 Å². The van der Waals surface area contributed by atoms with Gasteiger partial charge in [0.05, 0.1) is 10.7 Å². The number of carbonyl (C=O) groups is 1. The topological polar surface area (TPSA) is 58.6 Å². The molecule has 0 fully saturated rings. The Morgan fingerprint density at radius 3 is 2.31 bits per heavy atom. The number of hydrogen-bond acceptors (Lipinski definition) is 3. The predicted molar refractivity (Wildman–Crippen MR) is 121 cm³/mol. The van der Waals surface area contributed by atoms with Crippen molar-refractivity contribution >= 4 is 34.8 Å². The molecule has 0 aromatic heterocycles. The first-order valence-electron chi connectivity index (χ1n) is 9.94. The van der Waals surface area contributed by atoms with E-state index in [9.17, 15) is 9.90 Å². The van der Waals surface area contributed by atoms with Crippen LogP contribution in [-0.2, 0) is 11.2 Å². The molecule has 29 heavy (non-hydrogen) atoms. The maximum Gasteiger partial charge on any atom is 0.265 e. The lowest BCUT2D eigenvalue weighted by molar-refractivity contribution is -0.123. The molecular formula is C23H29Cl2NO3. The molecule has 2 aromatic rings.